The number of ether oxygens (including phenoxy) is 1. The first-order chi connectivity index (χ1) is 16.5. The van der Waals surface area contributed by atoms with E-state index in [0.29, 0.717) is 23.7 Å². The molecule has 3 aromatic carbocycles. The van der Waals surface area contributed by atoms with E-state index in [9.17, 15) is 9.59 Å². The van der Waals surface area contributed by atoms with E-state index < -0.39 is 6.04 Å². The van der Waals surface area contributed by atoms with Crippen molar-refractivity contribution >= 4 is 23.4 Å². The molecule has 0 spiro atoms. The van der Waals surface area contributed by atoms with Crippen molar-refractivity contribution in [2.75, 3.05) is 13.2 Å². The molecule has 0 radical (unpaired) electrons. The quantitative estimate of drug-likeness (QED) is 0.419. The topological polar surface area (TPSA) is 58.6 Å². The van der Waals surface area contributed by atoms with Crippen LogP contribution < -0.4 is 10.1 Å². The van der Waals surface area contributed by atoms with Crippen molar-refractivity contribution in [3.63, 3.8) is 0 Å². The van der Waals surface area contributed by atoms with Crippen molar-refractivity contribution in [1.82, 2.24) is 10.2 Å². The van der Waals surface area contributed by atoms with Gasteiger partial charge >= 0.3 is 0 Å². The van der Waals surface area contributed by atoms with E-state index in [0.717, 1.165) is 17.5 Å². The maximum Gasteiger partial charge on any atom is 0.261 e. The Balaban J connectivity index is 1.86. The van der Waals surface area contributed by atoms with Crippen molar-refractivity contribution < 1.29 is 14.3 Å². The summed E-state index contributed by atoms with van der Waals surface area (Å²) in [6.45, 7) is 4.50. The zero-order chi connectivity index (χ0) is 24.3. The van der Waals surface area contributed by atoms with E-state index in [1.54, 1.807) is 11.0 Å². The predicted octanol–water partition coefficient (Wildman–Crippen LogP) is 5.06. The number of nitrogens with one attached hydrogen (secondary N) is 1. The minimum Gasteiger partial charge on any atom is -0.484 e. The monoisotopic (exact) mass is 478 g/mol. The molecule has 0 aliphatic carbocycles. The van der Waals surface area contributed by atoms with Gasteiger partial charge in [-0.2, -0.15) is 0 Å². The molecule has 2 amide bonds. The van der Waals surface area contributed by atoms with Crippen LogP contribution in [-0.4, -0.2) is 35.9 Å². The molecule has 0 aromatic heterocycles. The SMILES string of the molecule is CCNC(=O)C(Cc1ccccc1)N(Cc1cccc(Cl)c1)C(=O)COc1ccc(CC)cc1. The molecule has 5 nitrogen and oxygen atoms in total. The highest BCUT2D eigenvalue weighted by atomic mass is 35.5. The van der Waals surface area contributed by atoms with Crippen LogP contribution in [0.5, 0.6) is 5.75 Å². The molecular formula is C28H31ClN2O3. The highest BCUT2D eigenvalue weighted by molar-refractivity contribution is 6.30. The summed E-state index contributed by atoms with van der Waals surface area (Å²) in [7, 11) is 0. The highest BCUT2D eigenvalue weighted by Gasteiger charge is 2.30. The Morgan fingerprint density at radius 2 is 1.62 bits per heavy atom. The first-order valence-corrected chi connectivity index (χ1v) is 11.9. The molecule has 0 saturated carbocycles. The molecule has 3 rings (SSSR count). The fraction of sp³-hybridized carbons (Fsp3) is 0.286. The van der Waals surface area contributed by atoms with Crippen LogP contribution in [0.1, 0.15) is 30.5 Å². The van der Waals surface area contributed by atoms with Crippen molar-refractivity contribution in [2.24, 2.45) is 0 Å². The summed E-state index contributed by atoms with van der Waals surface area (Å²) in [6.07, 6.45) is 1.32. The Labute approximate surface area is 206 Å². The fourth-order valence-corrected chi connectivity index (χ4v) is 3.94. The van der Waals surface area contributed by atoms with Crippen LogP contribution in [0, 0.1) is 0 Å². The fourth-order valence-electron chi connectivity index (χ4n) is 3.73. The van der Waals surface area contributed by atoms with Gasteiger partial charge in [-0.15, -0.1) is 0 Å². The minimum atomic E-state index is -0.695. The maximum absolute atomic E-state index is 13.5. The van der Waals surface area contributed by atoms with Crippen LogP contribution >= 0.6 is 11.6 Å². The van der Waals surface area contributed by atoms with Gasteiger partial charge < -0.3 is 15.0 Å². The number of carbonyl (C=O) groups is 2. The van der Waals surface area contributed by atoms with E-state index in [-0.39, 0.29) is 25.0 Å². The van der Waals surface area contributed by atoms with Gasteiger partial charge in [-0.25, -0.2) is 0 Å². The largest absolute Gasteiger partial charge is 0.484 e. The van der Waals surface area contributed by atoms with Crippen LogP contribution in [0.2, 0.25) is 5.02 Å². The van der Waals surface area contributed by atoms with Crippen LogP contribution in [0.4, 0.5) is 0 Å². The van der Waals surface area contributed by atoms with Crippen molar-refractivity contribution in [2.45, 2.75) is 39.3 Å². The highest BCUT2D eigenvalue weighted by Crippen LogP contribution is 2.18. The summed E-state index contributed by atoms with van der Waals surface area (Å²) in [5, 5.41) is 3.46. The van der Waals surface area contributed by atoms with E-state index >= 15 is 0 Å². The molecule has 0 saturated heterocycles. The van der Waals surface area contributed by atoms with Crippen molar-refractivity contribution in [3.8, 4) is 5.75 Å². The number of rotatable bonds is 11. The number of hydrogen-bond acceptors (Lipinski definition) is 3. The Morgan fingerprint density at radius 1 is 0.912 bits per heavy atom. The smallest absolute Gasteiger partial charge is 0.261 e. The van der Waals surface area contributed by atoms with Gasteiger partial charge in [0.25, 0.3) is 5.91 Å². The number of benzene rings is 3. The molecular weight excluding hydrogens is 448 g/mol. The lowest BCUT2D eigenvalue weighted by molar-refractivity contribution is -0.142. The van der Waals surface area contributed by atoms with Gasteiger partial charge in [-0.05, 0) is 54.3 Å². The van der Waals surface area contributed by atoms with Crippen LogP contribution in [0.25, 0.3) is 0 Å². The summed E-state index contributed by atoms with van der Waals surface area (Å²) < 4.78 is 5.80. The molecule has 178 valence electrons. The molecule has 0 aliphatic rings. The maximum atomic E-state index is 13.5. The first-order valence-electron chi connectivity index (χ1n) is 11.6. The number of halogens is 1. The number of hydrogen-bond donors (Lipinski definition) is 1. The molecule has 0 fully saturated rings. The molecule has 34 heavy (non-hydrogen) atoms. The van der Waals surface area contributed by atoms with Gasteiger partial charge in [0, 0.05) is 24.5 Å². The number of carbonyl (C=O) groups excluding carboxylic acids is 2. The van der Waals surface area contributed by atoms with Gasteiger partial charge in [-0.3, -0.25) is 9.59 Å². The summed E-state index contributed by atoms with van der Waals surface area (Å²) in [5.41, 5.74) is 3.01. The van der Waals surface area contributed by atoms with Crippen LogP contribution in [0.3, 0.4) is 0 Å². The number of aryl methyl sites for hydroxylation is 1. The second kappa shape index (κ2) is 12.8. The molecule has 1 atom stereocenters. The minimum absolute atomic E-state index is 0.170. The van der Waals surface area contributed by atoms with Crippen LogP contribution in [-0.2, 0) is 29.0 Å². The number of likely N-dealkylation sites (N-methyl/N-ethyl adjacent to an activating group) is 1. The normalized spacial score (nSPS) is 11.5. The van der Waals surface area contributed by atoms with E-state index in [2.05, 4.69) is 12.2 Å². The summed E-state index contributed by atoms with van der Waals surface area (Å²) in [4.78, 5) is 28.2. The average Bonchev–Trinajstić information content (AvgIpc) is 2.85. The summed E-state index contributed by atoms with van der Waals surface area (Å²) in [5.74, 6) is 0.145. The lowest BCUT2D eigenvalue weighted by atomic mass is 10.0. The Kier molecular flexibility index (Phi) is 9.53. The lowest BCUT2D eigenvalue weighted by Gasteiger charge is -2.31. The lowest BCUT2D eigenvalue weighted by Crippen LogP contribution is -2.51. The molecule has 3 aromatic rings. The van der Waals surface area contributed by atoms with Gasteiger partial charge in [0.05, 0.1) is 0 Å². The third-order valence-corrected chi connectivity index (χ3v) is 5.79. The van der Waals surface area contributed by atoms with Gasteiger partial charge in [0.1, 0.15) is 11.8 Å². The van der Waals surface area contributed by atoms with Crippen molar-refractivity contribution in [3.05, 3.63) is 101 Å². The molecule has 1 N–H and O–H groups in total. The zero-order valence-electron chi connectivity index (χ0n) is 19.7. The third kappa shape index (κ3) is 7.35. The summed E-state index contributed by atoms with van der Waals surface area (Å²) >= 11 is 6.19. The Hall–Kier alpha value is -3.31. The Bertz CT molecular complexity index is 1070. The third-order valence-electron chi connectivity index (χ3n) is 5.56. The van der Waals surface area contributed by atoms with Crippen molar-refractivity contribution in [1.29, 1.82) is 0 Å². The van der Waals surface area contributed by atoms with Gasteiger partial charge in [-0.1, -0.05) is 73.1 Å². The molecule has 0 heterocycles. The average molecular weight is 479 g/mol. The zero-order valence-corrected chi connectivity index (χ0v) is 20.4. The predicted molar refractivity (Wildman–Crippen MR) is 136 cm³/mol. The van der Waals surface area contributed by atoms with E-state index in [4.69, 9.17) is 16.3 Å². The van der Waals surface area contributed by atoms with E-state index in [1.165, 1.54) is 5.56 Å². The standard InChI is InChI=1S/C28H31ClN2O3/c1-3-21-13-15-25(16-14-21)34-20-27(32)31(19-23-11-8-12-24(29)17-23)26(28(33)30-4-2)18-22-9-6-5-7-10-22/h5-17,26H,3-4,18-20H2,1-2H3,(H,30,33). The van der Waals surface area contributed by atoms with Crippen LogP contribution in [0.15, 0.2) is 78.9 Å². The van der Waals surface area contributed by atoms with Gasteiger partial charge in [0.2, 0.25) is 5.91 Å². The molecule has 0 bridgehead atoms. The molecule has 0 aliphatic heterocycles. The van der Waals surface area contributed by atoms with E-state index in [1.807, 2.05) is 79.7 Å². The van der Waals surface area contributed by atoms with Gasteiger partial charge in [0.15, 0.2) is 6.61 Å². The second-order valence-electron chi connectivity index (χ2n) is 8.04. The second-order valence-corrected chi connectivity index (χ2v) is 8.47. The Morgan fingerprint density at radius 3 is 2.26 bits per heavy atom. The number of nitrogens with zero attached hydrogens (tertiary/aromatic N) is 1. The molecule has 1 unspecified atom stereocenters. The summed E-state index contributed by atoms with van der Waals surface area (Å²) in [6, 6.07) is 24.0. The molecule has 6 heteroatoms. The first kappa shape index (κ1) is 25.3. The number of amides is 2.